The lowest BCUT2D eigenvalue weighted by molar-refractivity contribution is -0.0615. The van der Waals surface area contributed by atoms with Crippen molar-refractivity contribution < 1.29 is 9.84 Å². The lowest BCUT2D eigenvalue weighted by atomic mass is 9.71. The third-order valence-electron chi connectivity index (χ3n) is 5.83. The van der Waals surface area contributed by atoms with Crippen LogP contribution in [0.25, 0.3) is 0 Å². The number of β-amino-alcohol motifs (C(OH)–C–C–N with tert-alkyl or cyclic N) is 1. The number of ether oxygens (including phenoxy) is 1. The number of piperazine rings is 1. The lowest BCUT2D eigenvalue weighted by Gasteiger charge is -2.39. The predicted molar refractivity (Wildman–Crippen MR) is 108 cm³/mol. The predicted octanol–water partition coefficient (Wildman–Crippen LogP) is 3.40. The van der Waals surface area contributed by atoms with E-state index in [9.17, 15) is 5.11 Å². The van der Waals surface area contributed by atoms with Gasteiger partial charge in [0, 0.05) is 38.4 Å². The van der Waals surface area contributed by atoms with Gasteiger partial charge in [0.15, 0.2) is 0 Å². The minimum Gasteiger partial charge on any atom is -0.389 e. The zero-order valence-electron chi connectivity index (χ0n) is 16.7. The van der Waals surface area contributed by atoms with Crippen molar-refractivity contribution in [3.8, 4) is 0 Å². The van der Waals surface area contributed by atoms with Gasteiger partial charge in [-0.15, -0.1) is 0 Å². The maximum atomic E-state index is 10.4. The Hall–Kier alpha value is -1.10. The number of benzene rings is 1. The summed E-state index contributed by atoms with van der Waals surface area (Å²) in [5.41, 5.74) is 1.66. The summed E-state index contributed by atoms with van der Waals surface area (Å²) < 4.78 is 6.10. The Morgan fingerprint density at radius 1 is 1.12 bits per heavy atom. The molecule has 4 nitrogen and oxygen atoms in total. The zero-order chi connectivity index (χ0) is 18.6. The van der Waals surface area contributed by atoms with Gasteiger partial charge in [-0.05, 0) is 42.7 Å². The molecule has 1 aromatic rings. The van der Waals surface area contributed by atoms with E-state index < -0.39 is 6.10 Å². The molecule has 0 bridgehead atoms. The average Bonchev–Trinajstić information content (AvgIpc) is 2.60. The highest BCUT2D eigenvalue weighted by atomic mass is 16.5. The first-order chi connectivity index (χ1) is 12.4. The Kier molecular flexibility index (Phi) is 6.60. The summed E-state index contributed by atoms with van der Waals surface area (Å²) in [7, 11) is 0. The molecule has 3 rings (SSSR count). The second-order valence-electron chi connectivity index (χ2n) is 9.15. The maximum absolute atomic E-state index is 10.4. The van der Waals surface area contributed by atoms with Crippen LogP contribution in [0.4, 0.5) is 5.69 Å². The molecule has 0 amide bonds. The van der Waals surface area contributed by atoms with Crippen LogP contribution in [0.1, 0.15) is 40.0 Å². The zero-order valence-corrected chi connectivity index (χ0v) is 16.7. The molecule has 1 aromatic carbocycles. The van der Waals surface area contributed by atoms with Gasteiger partial charge in [-0.3, -0.25) is 4.90 Å². The number of hydrogen-bond acceptors (Lipinski definition) is 4. The molecule has 1 aliphatic heterocycles. The van der Waals surface area contributed by atoms with Crippen LogP contribution in [0, 0.1) is 11.3 Å². The van der Waals surface area contributed by atoms with Crippen molar-refractivity contribution in [3.63, 3.8) is 0 Å². The lowest BCUT2D eigenvalue weighted by Crippen LogP contribution is -2.49. The third-order valence-corrected chi connectivity index (χ3v) is 5.83. The fourth-order valence-electron chi connectivity index (χ4n) is 4.81. The van der Waals surface area contributed by atoms with E-state index in [1.165, 1.54) is 12.1 Å². The van der Waals surface area contributed by atoms with Crippen molar-refractivity contribution in [3.05, 3.63) is 30.3 Å². The summed E-state index contributed by atoms with van der Waals surface area (Å²) in [6.07, 6.45) is 3.43. The number of rotatable bonds is 6. The van der Waals surface area contributed by atoms with E-state index in [-0.39, 0.29) is 0 Å². The van der Waals surface area contributed by atoms with Crippen molar-refractivity contribution in [1.82, 2.24) is 4.90 Å². The Labute approximate surface area is 159 Å². The highest BCUT2D eigenvalue weighted by Crippen LogP contribution is 2.39. The van der Waals surface area contributed by atoms with Crippen molar-refractivity contribution >= 4 is 5.69 Å². The monoisotopic (exact) mass is 360 g/mol. The van der Waals surface area contributed by atoms with Gasteiger partial charge in [-0.2, -0.15) is 0 Å². The van der Waals surface area contributed by atoms with Crippen LogP contribution < -0.4 is 4.90 Å². The smallest absolute Gasteiger partial charge is 0.0900 e. The molecule has 3 unspecified atom stereocenters. The fraction of sp³-hybridized carbons (Fsp3) is 0.727. The number of hydrogen-bond donors (Lipinski definition) is 1. The van der Waals surface area contributed by atoms with Crippen molar-refractivity contribution in [2.75, 3.05) is 44.2 Å². The van der Waals surface area contributed by atoms with Gasteiger partial charge in [0.1, 0.15) is 0 Å². The molecule has 0 radical (unpaired) electrons. The van der Waals surface area contributed by atoms with Gasteiger partial charge >= 0.3 is 0 Å². The third kappa shape index (κ3) is 5.70. The van der Waals surface area contributed by atoms with Gasteiger partial charge in [-0.1, -0.05) is 39.0 Å². The molecule has 0 spiro atoms. The van der Waals surface area contributed by atoms with Crippen LogP contribution in [-0.4, -0.2) is 61.5 Å². The SMILES string of the molecule is CC1CC(OCC(O)CN2CCN(c3ccccc3)CC2)CC(C)(C)C1. The van der Waals surface area contributed by atoms with Crippen molar-refractivity contribution in [2.45, 2.75) is 52.2 Å². The Morgan fingerprint density at radius 2 is 1.81 bits per heavy atom. The molecule has 3 atom stereocenters. The van der Waals surface area contributed by atoms with Crippen LogP contribution in [0.2, 0.25) is 0 Å². The van der Waals surface area contributed by atoms with Crippen molar-refractivity contribution in [1.29, 1.82) is 0 Å². The normalized spacial score (nSPS) is 28.1. The van der Waals surface area contributed by atoms with E-state index in [4.69, 9.17) is 4.74 Å². The molecule has 1 N–H and O–H groups in total. The molecule has 4 heteroatoms. The van der Waals surface area contributed by atoms with E-state index in [0.29, 0.717) is 30.6 Å². The Morgan fingerprint density at radius 3 is 2.46 bits per heavy atom. The summed E-state index contributed by atoms with van der Waals surface area (Å²) in [6.45, 7) is 12.2. The topological polar surface area (TPSA) is 35.9 Å². The quantitative estimate of drug-likeness (QED) is 0.843. The molecule has 146 valence electrons. The van der Waals surface area contributed by atoms with Gasteiger partial charge in [0.25, 0.3) is 0 Å². The molecule has 0 aromatic heterocycles. The van der Waals surface area contributed by atoms with Gasteiger partial charge in [0.2, 0.25) is 0 Å². The van der Waals surface area contributed by atoms with E-state index in [0.717, 1.165) is 39.0 Å². The second kappa shape index (κ2) is 8.73. The number of nitrogens with zero attached hydrogens (tertiary/aromatic N) is 2. The molecule has 1 saturated carbocycles. The summed E-state index contributed by atoms with van der Waals surface area (Å²) in [5.74, 6) is 0.715. The summed E-state index contributed by atoms with van der Waals surface area (Å²) in [6, 6.07) is 10.6. The van der Waals surface area contributed by atoms with Crippen LogP contribution in [0.3, 0.4) is 0 Å². The molecule has 1 aliphatic carbocycles. The Bertz CT molecular complexity index is 540. The molecule has 26 heavy (non-hydrogen) atoms. The minimum atomic E-state index is -0.390. The van der Waals surface area contributed by atoms with E-state index in [1.54, 1.807) is 0 Å². The van der Waals surface area contributed by atoms with E-state index in [2.05, 4.69) is 60.9 Å². The molecule has 2 aliphatic rings. The van der Waals surface area contributed by atoms with E-state index >= 15 is 0 Å². The molecular formula is C22H36N2O2. The van der Waals surface area contributed by atoms with Gasteiger partial charge in [0.05, 0.1) is 18.8 Å². The minimum absolute atomic E-state index is 0.304. The summed E-state index contributed by atoms with van der Waals surface area (Å²) in [4.78, 5) is 4.78. The fourth-order valence-corrected chi connectivity index (χ4v) is 4.81. The first kappa shape index (κ1) is 19.7. The summed E-state index contributed by atoms with van der Waals surface area (Å²) in [5, 5.41) is 10.4. The number of para-hydroxylation sites is 1. The van der Waals surface area contributed by atoms with Crippen molar-refractivity contribution in [2.24, 2.45) is 11.3 Å². The van der Waals surface area contributed by atoms with Gasteiger partial charge in [-0.25, -0.2) is 0 Å². The molecule has 1 heterocycles. The molecule has 1 saturated heterocycles. The standard InChI is InChI=1S/C22H36N2O2/c1-18-13-21(15-22(2,3)14-18)26-17-20(25)16-23-9-11-24(12-10-23)19-7-5-4-6-8-19/h4-8,18,20-21,25H,9-17H2,1-3H3. The summed E-state index contributed by atoms with van der Waals surface area (Å²) >= 11 is 0. The largest absolute Gasteiger partial charge is 0.389 e. The highest BCUT2D eigenvalue weighted by Gasteiger charge is 2.32. The van der Waals surface area contributed by atoms with E-state index in [1.807, 2.05) is 0 Å². The first-order valence-corrected chi connectivity index (χ1v) is 10.2. The Balaban J connectivity index is 1.37. The van der Waals surface area contributed by atoms with Crippen LogP contribution in [0.15, 0.2) is 30.3 Å². The van der Waals surface area contributed by atoms with Crippen LogP contribution >= 0.6 is 0 Å². The molecule has 2 fully saturated rings. The average molecular weight is 361 g/mol. The number of anilines is 1. The highest BCUT2D eigenvalue weighted by molar-refractivity contribution is 5.46. The van der Waals surface area contributed by atoms with Crippen LogP contribution in [-0.2, 0) is 4.74 Å². The number of aliphatic hydroxyl groups is 1. The maximum Gasteiger partial charge on any atom is 0.0900 e. The first-order valence-electron chi connectivity index (χ1n) is 10.2. The molecular weight excluding hydrogens is 324 g/mol. The van der Waals surface area contributed by atoms with Gasteiger partial charge < -0.3 is 14.7 Å². The second-order valence-corrected chi connectivity index (χ2v) is 9.15. The van der Waals surface area contributed by atoms with Crippen LogP contribution in [0.5, 0.6) is 0 Å². The number of aliphatic hydroxyl groups excluding tert-OH is 1.